The van der Waals surface area contributed by atoms with Crippen molar-refractivity contribution < 1.29 is 27.5 Å². The van der Waals surface area contributed by atoms with Crippen molar-refractivity contribution in [1.82, 2.24) is 24.5 Å². The molecule has 30 heavy (non-hydrogen) atoms. The van der Waals surface area contributed by atoms with Crippen molar-refractivity contribution in [1.29, 1.82) is 0 Å². The topological polar surface area (TPSA) is 89.7 Å². The number of aryl methyl sites for hydroxylation is 1. The Labute approximate surface area is 169 Å². The third-order valence-electron chi connectivity index (χ3n) is 4.19. The number of benzene rings is 1. The van der Waals surface area contributed by atoms with Gasteiger partial charge in [0.25, 0.3) is 11.7 Å². The maximum absolute atomic E-state index is 13.0. The zero-order valence-electron chi connectivity index (χ0n) is 16.2. The molecule has 0 saturated carbocycles. The zero-order chi connectivity index (χ0) is 21.9. The minimum atomic E-state index is -4.47. The first-order valence-electron chi connectivity index (χ1n) is 8.98. The van der Waals surface area contributed by atoms with Crippen molar-refractivity contribution in [2.45, 2.75) is 26.6 Å². The number of hydrogen-bond donors (Lipinski definition) is 0. The van der Waals surface area contributed by atoms with Gasteiger partial charge in [0.05, 0.1) is 12.2 Å². The lowest BCUT2D eigenvalue weighted by molar-refractivity contribution is -0.144. The predicted molar refractivity (Wildman–Crippen MR) is 98.3 cm³/mol. The van der Waals surface area contributed by atoms with E-state index in [1.807, 2.05) is 0 Å². The van der Waals surface area contributed by atoms with Crippen LogP contribution in [0.25, 0.3) is 5.78 Å². The van der Waals surface area contributed by atoms with Gasteiger partial charge in [-0.25, -0.2) is 9.50 Å². The molecule has 11 heteroatoms. The molecular weight excluding hydrogens is 403 g/mol. The second-order valence-corrected chi connectivity index (χ2v) is 6.39. The molecule has 0 saturated heterocycles. The average molecular weight is 421 g/mol. The summed E-state index contributed by atoms with van der Waals surface area (Å²) in [4.78, 5) is 34.2. The predicted octanol–water partition coefficient (Wildman–Crippen LogP) is 2.66. The minimum Gasteiger partial charge on any atom is -0.465 e. The van der Waals surface area contributed by atoms with Gasteiger partial charge >= 0.3 is 12.1 Å². The lowest BCUT2D eigenvalue weighted by atomic mass is 10.1. The quantitative estimate of drug-likeness (QED) is 0.569. The van der Waals surface area contributed by atoms with Crippen LogP contribution >= 0.6 is 0 Å². The first kappa shape index (κ1) is 21.2. The van der Waals surface area contributed by atoms with E-state index in [-0.39, 0.29) is 24.8 Å². The highest BCUT2D eigenvalue weighted by atomic mass is 19.4. The Kier molecular flexibility index (Phi) is 5.99. The molecule has 3 rings (SSSR count). The zero-order valence-corrected chi connectivity index (χ0v) is 16.2. The summed E-state index contributed by atoms with van der Waals surface area (Å²) in [6.07, 6.45) is -2.95. The van der Waals surface area contributed by atoms with E-state index in [2.05, 4.69) is 15.1 Å². The Hall–Kier alpha value is -3.50. The van der Waals surface area contributed by atoms with E-state index >= 15 is 0 Å². The van der Waals surface area contributed by atoms with Crippen LogP contribution in [-0.2, 0) is 22.3 Å². The number of ether oxygens (including phenoxy) is 1. The van der Waals surface area contributed by atoms with Gasteiger partial charge in [-0.3, -0.25) is 9.59 Å². The Morgan fingerprint density at radius 3 is 2.47 bits per heavy atom. The van der Waals surface area contributed by atoms with Crippen molar-refractivity contribution in [3.63, 3.8) is 0 Å². The molecule has 0 fully saturated rings. The largest absolute Gasteiger partial charge is 0.465 e. The number of amides is 1. The molecule has 0 spiro atoms. The highest BCUT2D eigenvalue weighted by Gasteiger charge is 2.30. The standard InChI is InChI=1S/C19H18F3N5O3/c1-3-30-15(28)11-26(10-13-4-6-14(7-5-13)19(20,21)22)17(29)16-24-18-23-9-8-12(2)27(18)25-16/h4-9H,3,10-11H2,1-2H3. The van der Waals surface area contributed by atoms with E-state index < -0.39 is 30.2 Å². The molecule has 0 bridgehead atoms. The monoisotopic (exact) mass is 421 g/mol. The van der Waals surface area contributed by atoms with Crippen LogP contribution in [0, 0.1) is 6.92 Å². The molecule has 0 unspecified atom stereocenters. The SMILES string of the molecule is CCOC(=O)CN(Cc1ccc(C(F)(F)F)cc1)C(=O)c1nc2nccc(C)n2n1. The van der Waals surface area contributed by atoms with Crippen LogP contribution in [0.5, 0.6) is 0 Å². The van der Waals surface area contributed by atoms with Crippen molar-refractivity contribution >= 4 is 17.7 Å². The minimum absolute atomic E-state index is 0.122. The van der Waals surface area contributed by atoms with Gasteiger partial charge in [0.2, 0.25) is 5.82 Å². The Morgan fingerprint density at radius 2 is 1.87 bits per heavy atom. The second-order valence-electron chi connectivity index (χ2n) is 6.39. The number of alkyl halides is 3. The first-order chi connectivity index (χ1) is 14.2. The summed E-state index contributed by atoms with van der Waals surface area (Å²) in [5.41, 5.74) is 0.294. The molecular formula is C19H18F3N5O3. The molecule has 1 aromatic carbocycles. The van der Waals surface area contributed by atoms with Crippen LogP contribution in [0.2, 0.25) is 0 Å². The first-order valence-corrected chi connectivity index (χ1v) is 8.98. The Balaban J connectivity index is 1.88. The summed E-state index contributed by atoms with van der Waals surface area (Å²) >= 11 is 0. The highest BCUT2D eigenvalue weighted by Crippen LogP contribution is 2.29. The van der Waals surface area contributed by atoms with Gasteiger partial charge < -0.3 is 9.64 Å². The summed E-state index contributed by atoms with van der Waals surface area (Å²) in [7, 11) is 0. The molecule has 158 valence electrons. The van der Waals surface area contributed by atoms with E-state index in [1.165, 1.54) is 22.8 Å². The lowest BCUT2D eigenvalue weighted by Crippen LogP contribution is -2.36. The number of carbonyl (C=O) groups excluding carboxylic acids is 2. The Bertz CT molecular complexity index is 1060. The van der Waals surface area contributed by atoms with E-state index in [0.717, 1.165) is 17.0 Å². The van der Waals surface area contributed by atoms with Crippen molar-refractivity contribution in [3.8, 4) is 0 Å². The summed E-state index contributed by atoms with van der Waals surface area (Å²) < 4.78 is 44.6. The number of aromatic nitrogens is 4. The number of fused-ring (bicyclic) bond motifs is 1. The number of hydrogen-bond acceptors (Lipinski definition) is 6. The van der Waals surface area contributed by atoms with Gasteiger partial charge in [-0.1, -0.05) is 12.1 Å². The van der Waals surface area contributed by atoms with Crippen LogP contribution in [0.4, 0.5) is 13.2 Å². The summed E-state index contributed by atoms with van der Waals surface area (Å²) in [5, 5.41) is 4.13. The molecule has 8 nitrogen and oxygen atoms in total. The highest BCUT2D eigenvalue weighted by molar-refractivity contribution is 5.93. The smallest absolute Gasteiger partial charge is 0.416 e. The van der Waals surface area contributed by atoms with Crippen LogP contribution in [0.1, 0.15) is 34.4 Å². The summed E-state index contributed by atoms with van der Waals surface area (Å²) in [6, 6.07) is 6.01. The fourth-order valence-corrected chi connectivity index (χ4v) is 2.72. The maximum atomic E-state index is 13.0. The average Bonchev–Trinajstić information content (AvgIpc) is 3.12. The molecule has 0 aliphatic rings. The molecule has 3 aromatic rings. The van der Waals surface area contributed by atoms with E-state index in [0.29, 0.717) is 11.3 Å². The van der Waals surface area contributed by atoms with Gasteiger partial charge in [-0.15, -0.1) is 5.10 Å². The van der Waals surface area contributed by atoms with Crippen LogP contribution in [0.3, 0.4) is 0 Å². The summed E-state index contributed by atoms with van der Waals surface area (Å²) in [5.74, 6) is -1.30. The lowest BCUT2D eigenvalue weighted by Gasteiger charge is -2.20. The number of esters is 1. The van der Waals surface area contributed by atoms with Gasteiger partial charge in [-0.2, -0.15) is 18.2 Å². The van der Waals surface area contributed by atoms with Gasteiger partial charge in [0.1, 0.15) is 6.54 Å². The van der Waals surface area contributed by atoms with Crippen LogP contribution in [-0.4, -0.2) is 49.5 Å². The van der Waals surface area contributed by atoms with Crippen LogP contribution < -0.4 is 0 Å². The van der Waals surface area contributed by atoms with Gasteiger partial charge in [-0.05, 0) is 37.6 Å². The van der Waals surface area contributed by atoms with Crippen LogP contribution in [0.15, 0.2) is 36.5 Å². The summed E-state index contributed by atoms with van der Waals surface area (Å²) in [6.45, 7) is 2.97. The molecule has 2 aromatic heterocycles. The normalized spacial score (nSPS) is 11.5. The Morgan fingerprint density at radius 1 is 1.17 bits per heavy atom. The molecule has 0 aliphatic carbocycles. The fraction of sp³-hybridized carbons (Fsp3) is 0.316. The molecule has 0 radical (unpaired) electrons. The third kappa shape index (κ3) is 4.73. The number of halogens is 3. The third-order valence-corrected chi connectivity index (χ3v) is 4.19. The van der Waals surface area contributed by atoms with Crippen molar-refractivity contribution in [2.75, 3.05) is 13.2 Å². The van der Waals surface area contributed by atoms with E-state index in [4.69, 9.17) is 4.74 Å². The van der Waals surface area contributed by atoms with Crippen molar-refractivity contribution in [3.05, 3.63) is 59.2 Å². The van der Waals surface area contributed by atoms with Crippen molar-refractivity contribution in [2.24, 2.45) is 0 Å². The second kappa shape index (κ2) is 8.47. The number of nitrogens with zero attached hydrogens (tertiary/aromatic N) is 5. The van der Waals surface area contributed by atoms with Gasteiger partial charge in [0, 0.05) is 18.4 Å². The molecule has 1 amide bonds. The molecule has 0 atom stereocenters. The fourth-order valence-electron chi connectivity index (χ4n) is 2.72. The molecule has 2 heterocycles. The van der Waals surface area contributed by atoms with E-state index in [9.17, 15) is 22.8 Å². The maximum Gasteiger partial charge on any atom is 0.416 e. The number of carbonyl (C=O) groups is 2. The molecule has 0 N–H and O–H groups in total. The number of rotatable bonds is 6. The van der Waals surface area contributed by atoms with E-state index in [1.54, 1.807) is 19.9 Å². The van der Waals surface area contributed by atoms with Gasteiger partial charge in [0.15, 0.2) is 0 Å². The molecule has 0 aliphatic heterocycles.